The molecule has 1 saturated carbocycles. The number of rotatable bonds is 9. The summed E-state index contributed by atoms with van der Waals surface area (Å²) >= 11 is 0. The summed E-state index contributed by atoms with van der Waals surface area (Å²) in [7, 11) is 0.204. The third-order valence-corrected chi connectivity index (χ3v) is 13.3. The van der Waals surface area contributed by atoms with Crippen molar-refractivity contribution < 1.29 is 9.84 Å². The second-order valence-electron chi connectivity index (χ2n) is 8.32. The second-order valence-corrected chi connectivity index (χ2v) is 13.6. The summed E-state index contributed by atoms with van der Waals surface area (Å²) in [5.41, 5.74) is 0.313. The van der Waals surface area contributed by atoms with Crippen molar-refractivity contribution in [2.45, 2.75) is 90.0 Å². The molecule has 0 aromatic heterocycles. The van der Waals surface area contributed by atoms with E-state index in [1.807, 2.05) is 12.1 Å². The van der Waals surface area contributed by atoms with Crippen molar-refractivity contribution in [3.63, 3.8) is 0 Å². The van der Waals surface area contributed by atoms with Crippen LogP contribution in [0.4, 0.5) is 0 Å². The minimum atomic E-state index is -1.49. The van der Waals surface area contributed by atoms with Gasteiger partial charge < -0.3 is 9.84 Å². The van der Waals surface area contributed by atoms with Gasteiger partial charge in [0.25, 0.3) is 0 Å². The Morgan fingerprint density at radius 3 is 2.07 bits per heavy atom. The normalized spacial score (nSPS) is 19.0. The van der Waals surface area contributed by atoms with Crippen LogP contribution in [0.15, 0.2) is 35.5 Å². The van der Waals surface area contributed by atoms with Crippen molar-refractivity contribution in [1.29, 1.82) is 0 Å². The first-order valence-electron chi connectivity index (χ1n) is 11.0. The van der Waals surface area contributed by atoms with Crippen molar-refractivity contribution in [3.05, 3.63) is 41.1 Å². The molecule has 2 rings (SSSR count). The van der Waals surface area contributed by atoms with E-state index in [1.165, 1.54) is 37.4 Å². The maximum atomic E-state index is 12.2. The van der Waals surface area contributed by atoms with Crippen molar-refractivity contribution >= 4 is 8.07 Å². The zero-order valence-electron chi connectivity index (χ0n) is 18.2. The summed E-state index contributed by atoms with van der Waals surface area (Å²) < 4.78 is 5.35. The van der Waals surface area contributed by atoms with Crippen LogP contribution in [0.2, 0.25) is 18.1 Å². The summed E-state index contributed by atoms with van der Waals surface area (Å²) in [6, 6.07) is 12.0. The van der Waals surface area contributed by atoms with Crippen LogP contribution in [-0.4, -0.2) is 20.3 Å². The van der Waals surface area contributed by atoms with E-state index >= 15 is 0 Å². The minimum absolute atomic E-state index is 0.354. The summed E-state index contributed by atoms with van der Waals surface area (Å²) in [5.74, 6) is 1.21. The van der Waals surface area contributed by atoms with Crippen LogP contribution in [0.1, 0.15) is 71.8 Å². The van der Waals surface area contributed by atoms with E-state index in [0.717, 1.165) is 30.6 Å². The van der Waals surface area contributed by atoms with Crippen LogP contribution in [0.3, 0.4) is 0 Å². The molecule has 1 aliphatic carbocycles. The molecule has 2 nitrogen and oxygen atoms in total. The Labute approximate surface area is 168 Å². The van der Waals surface area contributed by atoms with Gasteiger partial charge in [0.15, 0.2) is 0 Å². The molecule has 0 bridgehead atoms. The van der Waals surface area contributed by atoms with E-state index in [0.29, 0.717) is 5.92 Å². The van der Waals surface area contributed by atoms with Crippen molar-refractivity contribution in [1.82, 2.24) is 0 Å². The second kappa shape index (κ2) is 9.93. The van der Waals surface area contributed by atoms with Crippen molar-refractivity contribution in [2.75, 3.05) is 7.11 Å². The summed E-state index contributed by atoms with van der Waals surface area (Å²) in [4.78, 5) is 0. The van der Waals surface area contributed by atoms with E-state index in [-0.39, 0.29) is 0 Å². The van der Waals surface area contributed by atoms with Gasteiger partial charge in [0.2, 0.25) is 0 Å². The predicted molar refractivity (Wildman–Crippen MR) is 119 cm³/mol. The molecular weight excluding hydrogens is 348 g/mol. The number of benzene rings is 1. The smallest absolute Gasteiger partial charge is 0.118 e. The fourth-order valence-electron chi connectivity index (χ4n) is 5.26. The van der Waals surface area contributed by atoms with Gasteiger partial charge in [-0.2, -0.15) is 0 Å². The van der Waals surface area contributed by atoms with Crippen LogP contribution < -0.4 is 4.74 Å². The lowest BCUT2D eigenvalue weighted by molar-refractivity contribution is -0.0375. The monoisotopic (exact) mass is 388 g/mol. The number of allylic oxidation sites excluding steroid dienone is 1. The van der Waals surface area contributed by atoms with Gasteiger partial charge in [-0.25, -0.2) is 0 Å². The molecule has 0 aliphatic heterocycles. The molecule has 27 heavy (non-hydrogen) atoms. The van der Waals surface area contributed by atoms with Gasteiger partial charge in [0.1, 0.15) is 5.75 Å². The molecule has 1 unspecified atom stereocenters. The average molecular weight is 389 g/mol. The van der Waals surface area contributed by atoms with Gasteiger partial charge in [-0.15, -0.1) is 0 Å². The molecule has 1 aliphatic rings. The van der Waals surface area contributed by atoms with E-state index in [4.69, 9.17) is 4.74 Å². The molecule has 0 saturated heterocycles. The molecular formula is C24H40O2Si. The van der Waals surface area contributed by atoms with Crippen LogP contribution in [0.5, 0.6) is 5.75 Å². The topological polar surface area (TPSA) is 29.5 Å². The lowest BCUT2D eigenvalue weighted by Crippen LogP contribution is -2.43. The fourth-order valence-corrected chi connectivity index (χ4v) is 9.38. The van der Waals surface area contributed by atoms with Gasteiger partial charge in [0.05, 0.1) is 20.8 Å². The van der Waals surface area contributed by atoms with Crippen LogP contribution >= 0.6 is 0 Å². The molecule has 3 heteroatoms. The maximum absolute atomic E-state index is 12.2. The van der Waals surface area contributed by atoms with Gasteiger partial charge in [-0.05, 0) is 49.8 Å². The molecule has 0 spiro atoms. The predicted octanol–water partition coefficient (Wildman–Crippen LogP) is 6.85. The third kappa shape index (κ3) is 4.68. The molecule has 0 amide bonds. The molecule has 1 atom stereocenters. The highest BCUT2D eigenvalue weighted by atomic mass is 28.3. The van der Waals surface area contributed by atoms with Gasteiger partial charge in [0, 0.05) is 0 Å². The molecule has 1 aromatic rings. The van der Waals surface area contributed by atoms with Crippen LogP contribution in [0.25, 0.3) is 0 Å². The molecule has 0 heterocycles. The molecule has 1 N–H and O–H groups in total. The SMILES string of the molecule is C/C=C(\CC(O)(c1ccc(OC)cc1)C1CCCCC1)[Si](CC)(CC)CC. The Kier molecular flexibility index (Phi) is 8.17. The number of aliphatic hydroxyl groups is 1. The maximum Gasteiger partial charge on any atom is 0.118 e. The quantitative estimate of drug-likeness (QED) is 0.469. The van der Waals surface area contributed by atoms with E-state index in [1.54, 1.807) is 12.3 Å². The highest BCUT2D eigenvalue weighted by Crippen LogP contribution is 2.46. The van der Waals surface area contributed by atoms with E-state index < -0.39 is 13.7 Å². The number of hydrogen-bond acceptors (Lipinski definition) is 2. The highest BCUT2D eigenvalue weighted by Gasteiger charge is 2.43. The summed E-state index contributed by atoms with van der Waals surface area (Å²) in [6.07, 6.45) is 9.22. The third-order valence-electron chi connectivity index (χ3n) is 7.39. The Morgan fingerprint density at radius 2 is 1.63 bits per heavy atom. The Bertz CT molecular complexity index is 589. The Hall–Kier alpha value is -1.06. The van der Waals surface area contributed by atoms with Crippen molar-refractivity contribution in [3.8, 4) is 5.75 Å². The first-order valence-corrected chi connectivity index (χ1v) is 13.6. The van der Waals surface area contributed by atoms with Gasteiger partial charge in [-0.3, -0.25) is 0 Å². The standard InChI is InChI=1S/C24H40O2Si/c1-6-23(27(7-2,8-3)9-4)19-24(25,20-13-11-10-12-14-20)21-15-17-22(26-5)18-16-21/h6,15-18,20,25H,7-14,19H2,1-5H3/b23-6+. The summed E-state index contributed by atoms with van der Waals surface area (Å²) in [5, 5.41) is 13.7. The van der Waals surface area contributed by atoms with E-state index in [2.05, 4.69) is 45.9 Å². The lowest BCUT2D eigenvalue weighted by atomic mass is 9.71. The van der Waals surface area contributed by atoms with E-state index in [9.17, 15) is 5.11 Å². The molecule has 1 aromatic carbocycles. The van der Waals surface area contributed by atoms with Crippen LogP contribution in [0, 0.1) is 5.92 Å². The molecule has 152 valence electrons. The fraction of sp³-hybridized carbons (Fsp3) is 0.667. The highest BCUT2D eigenvalue weighted by molar-refractivity contribution is 6.86. The first-order chi connectivity index (χ1) is 13.0. The number of hydrogen-bond donors (Lipinski definition) is 1. The number of ether oxygens (including phenoxy) is 1. The minimum Gasteiger partial charge on any atom is -0.497 e. The van der Waals surface area contributed by atoms with Gasteiger partial charge in [-0.1, -0.05) is 81.6 Å². The lowest BCUT2D eigenvalue weighted by Gasteiger charge is -2.43. The Morgan fingerprint density at radius 1 is 1.07 bits per heavy atom. The average Bonchev–Trinajstić information content (AvgIpc) is 2.75. The van der Waals surface area contributed by atoms with Crippen molar-refractivity contribution in [2.24, 2.45) is 5.92 Å². The zero-order chi connectivity index (χ0) is 19.9. The zero-order valence-corrected chi connectivity index (χ0v) is 19.2. The first kappa shape index (κ1) is 22.2. The Balaban J connectivity index is 2.44. The summed E-state index contributed by atoms with van der Waals surface area (Å²) in [6.45, 7) is 9.26. The molecule has 0 radical (unpaired) electrons. The molecule has 1 fully saturated rings. The van der Waals surface area contributed by atoms with Crippen LogP contribution in [-0.2, 0) is 5.60 Å². The van der Waals surface area contributed by atoms with Gasteiger partial charge >= 0.3 is 0 Å². The largest absolute Gasteiger partial charge is 0.497 e. The number of methoxy groups -OCH3 is 1.